The van der Waals surface area contributed by atoms with E-state index in [9.17, 15) is 4.79 Å². The van der Waals surface area contributed by atoms with Crippen LogP contribution in [0, 0.1) is 0 Å². The summed E-state index contributed by atoms with van der Waals surface area (Å²) in [7, 11) is 3.09. The van der Waals surface area contributed by atoms with Crippen LogP contribution in [0.3, 0.4) is 0 Å². The summed E-state index contributed by atoms with van der Waals surface area (Å²) in [5, 5.41) is 5.26. The summed E-state index contributed by atoms with van der Waals surface area (Å²) in [6, 6.07) is 12.8. The van der Waals surface area contributed by atoms with Crippen LogP contribution >= 0.6 is 11.3 Å². The van der Waals surface area contributed by atoms with E-state index in [0.717, 1.165) is 36.5 Å². The van der Waals surface area contributed by atoms with Gasteiger partial charge in [-0.1, -0.05) is 13.3 Å². The molecule has 6 nitrogen and oxygen atoms in total. The Balaban J connectivity index is 1.68. The predicted octanol–water partition coefficient (Wildman–Crippen LogP) is 5.26. The van der Waals surface area contributed by atoms with Gasteiger partial charge in [0.15, 0.2) is 5.13 Å². The molecule has 0 spiro atoms. The van der Waals surface area contributed by atoms with Crippen molar-refractivity contribution in [1.29, 1.82) is 0 Å². The van der Waals surface area contributed by atoms with Gasteiger partial charge in [0.1, 0.15) is 17.2 Å². The molecule has 1 amide bonds. The summed E-state index contributed by atoms with van der Waals surface area (Å²) in [5.41, 5.74) is 2.20. The minimum Gasteiger partial charge on any atom is -0.497 e. The van der Waals surface area contributed by atoms with Crippen molar-refractivity contribution in [3.05, 3.63) is 53.4 Å². The van der Waals surface area contributed by atoms with Crippen LogP contribution in [-0.4, -0.2) is 31.7 Å². The highest BCUT2D eigenvalue weighted by Crippen LogP contribution is 2.28. The SMILES string of the molecule is CCCCOc1ccc(-c2csc(NC(=O)c3cc(OC)cc(OC)c3)n2)cc1. The van der Waals surface area contributed by atoms with E-state index in [1.54, 1.807) is 32.4 Å². The first-order valence-electron chi connectivity index (χ1n) is 9.36. The van der Waals surface area contributed by atoms with Gasteiger partial charge in [0.25, 0.3) is 5.91 Å². The molecule has 1 heterocycles. The van der Waals surface area contributed by atoms with Crippen molar-refractivity contribution in [3.8, 4) is 28.5 Å². The molecule has 0 bridgehead atoms. The molecular formula is C22H24N2O4S. The number of anilines is 1. The molecule has 2 aromatic carbocycles. The maximum absolute atomic E-state index is 12.6. The van der Waals surface area contributed by atoms with E-state index in [0.29, 0.717) is 22.2 Å². The van der Waals surface area contributed by atoms with Gasteiger partial charge in [-0.05, 0) is 42.8 Å². The highest BCUT2D eigenvalue weighted by molar-refractivity contribution is 7.14. The number of carbonyl (C=O) groups excluding carboxylic acids is 1. The molecule has 0 aliphatic heterocycles. The third-order valence-electron chi connectivity index (χ3n) is 4.25. The first kappa shape index (κ1) is 20.7. The molecule has 0 saturated heterocycles. The number of hydrogen-bond acceptors (Lipinski definition) is 6. The smallest absolute Gasteiger partial charge is 0.257 e. The van der Waals surface area contributed by atoms with Crippen LogP contribution in [0.1, 0.15) is 30.1 Å². The number of nitrogens with one attached hydrogen (secondary N) is 1. The minimum atomic E-state index is -0.275. The van der Waals surface area contributed by atoms with E-state index in [4.69, 9.17) is 14.2 Å². The summed E-state index contributed by atoms with van der Waals surface area (Å²) in [6.07, 6.45) is 2.14. The van der Waals surface area contributed by atoms with E-state index in [1.807, 2.05) is 29.6 Å². The fourth-order valence-electron chi connectivity index (χ4n) is 2.63. The zero-order chi connectivity index (χ0) is 20.6. The number of hydrogen-bond donors (Lipinski definition) is 1. The standard InChI is InChI=1S/C22H24N2O4S/c1-4-5-10-28-17-8-6-15(7-9-17)20-14-29-22(23-20)24-21(25)16-11-18(26-2)13-19(12-16)27-3/h6-9,11-14H,4-5,10H2,1-3H3,(H,23,24,25). The Bertz CT molecular complexity index is 931. The van der Waals surface area contributed by atoms with E-state index in [1.165, 1.54) is 11.3 Å². The van der Waals surface area contributed by atoms with Crippen molar-refractivity contribution in [2.45, 2.75) is 19.8 Å². The van der Waals surface area contributed by atoms with Crippen molar-refractivity contribution in [2.75, 3.05) is 26.1 Å². The van der Waals surface area contributed by atoms with Crippen LogP contribution < -0.4 is 19.5 Å². The molecule has 0 saturated carbocycles. The van der Waals surface area contributed by atoms with Crippen LogP contribution in [0.5, 0.6) is 17.2 Å². The normalized spacial score (nSPS) is 10.4. The van der Waals surface area contributed by atoms with Gasteiger partial charge < -0.3 is 14.2 Å². The lowest BCUT2D eigenvalue weighted by molar-refractivity contribution is 0.102. The molecule has 1 aromatic heterocycles. The van der Waals surface area contributed by atoms with Crippen LogP contribution in [0.25, 0.3) is 11.3 Å². The van der Waals surface area contributed by atoms with E-state index in [-0.39, 0.29) is 5.91 Å². The average molecular weight is 413 g/mol. The van der Waals surface area contributed by atoms with Crippen LogP contribution in [0.2, 0.25) is 0 Å². The molecule has 29 heavy (non-hydrogen) atoms. The molecule has 1 N–H and O–H groups in total. The Morgan fingerprint density at radius 3 is 2.34 bits per heavy atom. The van der Waals surface area contributed by atoms with E-state index in [2.05, 4.69) is 17.2 Å². The largest absolute Gasteiger partial charge is 0.497 e. The summed E-state index contributed by atoms with van der Waals surface area (Å²) in [5.74, 6) is 1.67. The maximum atomic E-state index is 12.6. The fraction of sp³-hybridized carbons (Fsp3) is 0.273. The minimum absolute atomic E-state index is 0.275. The number of rotatable bonds is 9. The molecule has 0 atom stereocenters. The monoisotopic (exact) mass is 412 g/mol. The number of methoxy groups -OCH3 is 2. The van der Waals surface area contributed by atoms with Gasteiger partial charge >= 0.3 is 0 Å². The van der Waals surface area contributed by atoms with Crippen molar-refractivity contribution in [1.82, 2.24) is 4.98 Å². The van der Waals surface area contributed by atoms with Crippen LogP contribution in [0.4, 0.5) is 5.13 Å². The molecule has 0 aliphatic rings. The highest BCUT2D eigenvalue weighted by atomic mass is 32.1. The molecule has 0 aliphatic carbocycles. The molecule has 7 heteroatoms. The fourth-order valence-corrected chi connectivity index (χ4v) is 3.34. The average Bonchev–Trinajstić information content (AvgIpc) is 3.22. The van der Waals surface area contributed by atoms with Gasteiger partial charge in [-0.15, -0.1) is 11.3 Å². The lowest BCUT2D eigenvalue weighted by Crippen LogP contribution is -2.12. The number of benzene rings is 2. The number of carbonyl (C=O) groups is 1. The van der Waals surface area contributed by atoms with Gasteiger partial charge in [-0.3, -0.25) is 10.1 Å². The quantitative estimate of drug-likeness (QED) is 0.486. The van der Waals surface area contributed by atoms with Gasteiger partial charge in [-0.2, -0.15) is 0 Å². The molecule has 0 radical (unpaired) electrons. The maximum Gasteiger partial charge on any atom is 0.257 e. The van der Waals surface area contributed by atoms with Crippen molar-refractivity contribution in [2.24, 2.45) is 0 Å². The Kier molecular flexibility index (Phi) is 7.08. The zero-order valence-corrected chi connectivity index (χ0v) is 17.5. The second-order valence-electron chi connectivity index (χ2n) is 6.32. The summed E-state index contributed by atoms with van der Waals surface area (Å²) in [6.45, 7) is 2.85. The highest BCUT2D eigenvalue weighted by Gasteiger charge is 2.13. The molecule has 0 unspecified atom stereocenters. The van der Waals surface area contributed by atoms with Crippen molar-refractivity contribution < 1.29 is 19.0 Å². The summed E-state index contributed by atoms with van der Waals surface area (Å²) < 4.78 is 16.1. The molecular weight excluding hydrogens is 388 g/mol. The molecule has 3 aromatic rings. The first-order chi connectivity index (χ1) is 14.1. The number of amides is 1. The van der Waals surface area contributed by atoms with Gasteiger partial charge in [0.05, 0.1) is 26.5 Å². The Morgan fingerprint density at radius 2 is 1.72 bits per heavy atom. The van der Waals surface area contributed by atoms with Crippen molar-refractivity contribution >= 4 is 22.4 Å². The van der Waals surface area contributed by atoms with Crippen LogP contribution in [-0.2, 0) is 0 Å². The van der Waals surface area contributed by atoms with E-state index < -0.39 is 0 Å². The third-order valence-corrected chi connectivity index (χ3v) is 5.01. The van der Waals surface area contributed by atoms with Gasteiger partial charge in [-0.25, -0.2) is 4.98 Å². The number of thiazole rings is 1. The number of nitrogens with zero attached hydrogens (tertiary/aromatic N) is 1. The van der Waals surface area contributed by atoms with Crippen LogP contribution in [0.15, 0.2) is 47.8 Å². The first-order valence-corrected chi connectivity index (χ1v) is 10.2. The number of ether oxygens (including phenoxy) is 3. The molecule has 3 rings (SSSR count). The Labute approximate surface area is 174 Å². The lowest BCUT2D eigenvalue weighted by atomic mass is 10.2. The second-order valence-corrected chi connectivity index (χ2v) is 7.18. The summed E-state index contributed by atoms with van der Waals surface area (Å²) >= 11 is 1.37. The van der Waals surface area contributed by atoms with Gasteiger partial charge in [0, 0.05) is 22.6 Å². The second kappa shape index (κ2) is 9.93. The Hall–Kier alpha value is -3.06. The molecule has 0 fully saturated rings. The summed E-state index contributed by atoms with van der Waals surface area (Å²) in [4.78, 5) is 17.1. The number of aromatic nitrogens is 1. The third kappa shape index (κ3) is 5.48. The lowest BCUT2D eigenvalue weighted by Gasteiger charge is -2.08. The van der Waals surface area contributed by atoms with Gasteiger partial charge in [0.2, 0.25) is 0 Å². The van der Waals surface area contributed by atoms with Crippen molar-refractivity contribution in [3.63, 3.8) is 0 Å². The number of unbranched alkanes of at least 4 members (excludes halogenated alkanes) is 1. The zero-order valence-electron chi connectivity index (χ0n) is 16.7. The van der Waals surface area contributed by atoms with E-state index >= 15 is 0 Å². The topological polar surface area (TPSA) is 69.7 Å². The Morgan fingerprint density at radius 1 is 1.03 bits per heavy atom. The molecule has 152 valence electrons. The predicted molar refractivity (Wildman–Crippen MR) is 115 cm³/mol.